The first kappa shape index (κ1) is 31.6. The molecular formula is C36H36N4O8. The predicted molar refractivity (Wildman–Crippen MR) is 185 cm³/mol. The monoisotopic (exact) mass is 652 g/mol. The van der Waals surface area contributed by atoms with Crippen molar-refractivity contribution in [1.29, 1.82) is 0 Å². The highest BCUT2D eigenvalue weighted by Gasteiger charge is 2.21. The third-order valence-corrected chi connectivity index (χ3v) is 10.1. The fraction of sp³-hybridized carbons (Fsp3) is 0.444. The second-order valence-corrected chi connectivity index (χ2v) is 13.2. The first-order chi connectivity index (χ1) is 23.2. The Bertz CT molecular complexity index is 2140. The predicted octanol–water partition coefficient (Wildman–Crippen LogP) is 2.53. The van der Waals surface area contributed by atoms with Crippen molar-refractivity contribution >= 4 is 43.1 Å². The molecule has 0 fully saturated rings. The molecule has 0 atom stereocenters. The lowest BCUT2D eigenvalue weighted by molar-refractivity contribution is 0.521. The maximum atomic E-state index is 13.1. The largest absolute Gasteiger partial charge is 0.274 e. The molecule has 0 saturated carbocycles. The lowest BCUT2D eigenvalue weighted by atomic mass is 10.1. The van der Waals surface area contributed by atoms with Crippen LogP contribution in [-0.2, 0) is 26.2 Å². The van der Waals surface area contributed by atoms with E-state index >= 15 is 0 Å². The summed E-state index contributed by atoms with van der Waals surface area (Å²) in [7, 11) is 0. The zero-order valence-corrected chi connectivity index (χ0v) is 26.7. The summed E-state index contributed by atoms with van der Waals surface area (Å²) in [5.41, 5.74) is -3.61. The normalized spacial score (nSPS) is 16.5. The molecule has 12 bridgehead atoms. The van der Waals surface area contributed by atoms with Gasteiger partial charge in [-0.15, -0.1) is 0 Å². The molecule has 8 heterocycles. The Balaban J connectivity index is 1.14. The second kappa shape index (κ2) is 12.6. The molecule has 0 radical (unpaired) electrons. The van der Waals surface area contributed by atoms with Crippen molar-refractivity contribution in [2.45, 2.75) is 103 Å². The molecule has 248 valence electrons. The fourth-order valence-corrected chi connectivity index (χ4v) is 7.45. The first-order valence-electron chi connectivity index (χ1n) is 17.0. The maximum absolute atomic E-state index is 13.1. The van der Waals surface area contributed by atoms with Gasteiger partial charge in [-0.2, -0.15) is 0 Å². The van der Waals surface area contributed by atoms with Gasteiger partial charge in [-0.25, -0.2) is 0 Å². The van der Waals surface area contributed by atoms with Crippen LogP contribution < -0.4 is 44.5 Å². The standard InChI is InChI=1S/C36H36N4O8/c41-29-21-17-25-26-18-22(21)30(42)37(29)13-9-5-1-2-6-10-14-38-31(43)23-19-27-28(20-24(23)32(38)44)36(48)40(35(27)47)16-12-8-4-3-7-11-15-39(33(25)45)34(26)46/h17-20H,1-16H2. The SMILES string of the molecule is O=c1c2cc3c(=O)n4c(=O)c3cc2c(=O)n1CCCCCCCCn1c(=O)c2cc3c(=O)n(c(=O)c3cc2c1=O)CCCCCCCC4. The van der Waals surface area contributed by atoms with E-state index in [1.54, 1.807) is 0 Å². The quantitative estimate of drug-likeness (QED) is 0.242. The molecular weight excluding hydrogens is 616 g/mol. The summed E-state index contributed by atoms with van der Waals surface area (Å²) in [6.07, 6.45) is 8.70. The summed E-state index contributed by atoms with van der Waals surface area (Å²) >= 11 is 0. The van der Waals surface area contributed by atoms with Gasteiger partial charge in [-0.3, -0.25) is 56.6 Å². The molecule has 0 aliphatic carbocycles. The molecule has 10 rings (SSSR count). The average Bonchev–Trinajstić information content (AvgIpc) is 3.65. The van der Waals surface area contributed by atoms with E-state index < -0.39 is 44.5 Å². The number of rotatable bonds is 0. The molecule has 0 spiro atoms. The van der Waals surface area contributed by atoms with Crippen LogP contribution in [0, 0.1) is 0 Å². The third-order valence-electron chi connectivity index (χ3n) is 10.1. The lowest BCUT2D eigenvalue weighted by Gasteiger charge is -2.03. The third kappa shape index (κ3) is 5.14. The molecule has 6 aromatic rings. The maximum Gasteiger partial charge on any atom is 0.261 e. The van der Waals surface area contributed by atoms with E-state index in [2.05, 4.69) is 0 Å². The zero-order valence-electron chi connectivity index (χ0n) is 26.7. The van der Waals surface area contributed by atoms with E-state index in [1.807, 2.05) is 0 Å². The molecule has 12 nitrogen and oxygen atoms in total. The minimum absolute atomic E-state index is 0.156. The molecule has 0 unspecified atom stereocenters. The molecule has 12 heteroatoms. The molecule has 4 aliphatic heterocycles. The van der Waals surface area contributed by atoms with Crippen molar-refractivity contribution in [3.8, 4) is 0 Å². The van der Waals surface area contributed by atoms with E-state index in [0.29, 0.717) is 25.7 Å². The van der Waals surface area contributed by atoms with Gasteiger partial charge in [0.15, 0.2) is 0 Å². The highest BCUT2D eigenvalue weighted by Crippen LogP contribution is 2.17. The Morgan fingerprint density at radius 3 is 0.562 bits per heavy atom. The molecule has 4 aromatic heterocycles. The molecule has 2 aromatic carbocycles. The van der Waals surface area contributed by atoms with Crippen molar-refractivity contribution in [1.82, 2.24) is 18.3 Å². The fourth-order valence-electron chi connectivity index (χ4n) is 7.45. The number of aromatic nitrogens is 4. The number of hydrogen-bond acceptors (Lipinski definition) is 8. The highest BCUT2D eigenvalue weighted by atomic mass is 16.2. The summed E-state index contributed by atoms with van der Waals surface area (Å²) in [6, 6.07) is 5.59. The van der Waals surface area contributed by atoms with Crippen LogP contribution in [0.25, 0.3) is 43.1 Å². The van der Waals surface area contributed by atoms with Gasteiger partial charge in [0.25, 0.3) is 44.5 Å². The Morgan fingerprint density at radius 2 is 0.396 bits per heavy atom. The minimum Gasteiger partial charge on any atom is -0.274 e. The summed E-state index contributed by atoms with van der Waals surface area (Å²) in [5, 5.41) is 1.25. The molecule has 0 saturated heterocycles. The van der Waals surface area contributed by atoms with Gasteiger partial charge in [0, 0.05) is 26.2 Å². The first-order valence-corrected chi connectivity index (χ1v) is 17.0. The summed E-state index contributed by atoms with van der Waals surface area (Å²) in [6.45, 7) is 0.916. The Morgan fingerprint density at radius 1 is 0.250 bits per heavy atom. The van der Waals surface area contributed by atoms with Crippen molar-refractivity contribution < 1.29 is 0 Å². The van der Waals surface area contributed by atoms with Crippen molar-refractivity contribution in [2.24, 2.45) is 0 Å². The topological polar surface area (TPSA) is 156 Å². The van der Waals surface area contributed by atoms with Crippen LogP contribution in [0.2, 0.25) is 0 Å². The Labute approximate surface area is 271 Å². The molecule has 4 aliphatic rings. The van der Waals surface area contributed by atoms with Crippen LogP contribution in [0.15, 0.2) is 62.6 Å². The van der Waals surface area contributed by atoms with E-state index in [4.69, 9.17) is 0 Å². The van der Waals surface area contributed by atoms with Gasteiger partial charge < -0.3 is 0 Å². The van der Waals surface area contributed by atoms with Crippen molar-refractivity contribution in [3.05, 3.63) is 107 Å². The van der Waals surface area contributed by atoms with E-state index in [1.165, 1.54) is 42.5 Å². The van der Waals surface area contributed by atoms with Gasteiger partial charge in [0.1, 0.15) is 0 Å². The average molecular weight is 653 g/mol. The summed E-state index contributed by atoms with van der Waals surface area (Å²) in [5.74, 6) is 0. The van der Waals surface area contributed by atoms with Gasteiger partial charge in [0.05, 0.1) is 43.1 Å². The Hall–Kier alpha value is -5.00. The summed E-state index contributed by atoms with van der Waals surface area (Å²) in [4.78, 5) is 105. The van der Waals surface area contributed by atoms with E-state index in [-0.39, 0.29) is 69.3 Å². The lowest BCUT2D eigenvalue weighted by Crippen LogP contribution is -2.26. The van der Waals surface area contributed by atoms with E-state index in [9.17, 15) is 38.4 Å². The molecule has 0 N–H and O–H groups in total. The van der Waals surface area contributed by atoms with Gasteiger partial charge >= 0.3 is 0 Å². The van der Waals surface area contributed by atoms with Crippen molar-refractivity contribution in [3.63, 3.8) is 0 Å². The number of hydrogen-bond donors (Lipinski definition) is 0. The zero-order chi connectivity index (χ0) is 33.7. The van der Waals surface area contributed by atoms with Crippen LogP contribution in [0.3, 0.4) is 0 Å². The van der Waals surface area contributed by atoms with Crippen LogP contribution >= 0.6 is 0 Å². The van der Waals surface area contributed by atoms with Crippen LogP contribution in [0.5, 0.6) is 0 Å². The van der Waals surface area contributed by atoms with Gasteiger partial charge in [-0.05, 0) is 49.9 Å². The van der Waals surface area contributed by atoms with Gasteiger partial charge in [0.2, 0.25) is 0 Å². The summed E-state index contributed by atoms with van der Waals surface area (Å²) < 4.78 is 4.73. The van der Waals surface area contributed by atoms with Gasteiger partial charge in [-0.1, -0.05) is 51.4 Å². The Kier molecular flexibility index (Phi) is 8.26. The number of benzene rings is 2. The smallest absolute Gasteiger partial charge is 0.261 e. The van der Waals surface area contributed by atoms with E-state index in [0.717, 1.165) is 51.4 Å². The van der Waals surface area contributed by atoms with Crippen LogP contribution in [0.4, 0.5) is 0 Å². The molecule has 48 heavy (non-hydrogen) atoms. The highest BCUT2D eigenvalue weighted by molar-refractivity contribution is 5.98. The molecule has 0 amide bonds. The van der Waals surface area contributed by atoms with Crippen LogP contribution in [0.1, 0.15) is 77.0 Å². The second-order valence-electron chi connectivity index (χ2n) is 13.2. The minimum atomic E-state index is -0.451. The van der Waals surface area contributed by atoms with Crippen molar-refractivity contribution in [2.75, 3.05) is 0 Å². The van der Waals surface area contributed by atoms with Crippen LogP contribution in [-0.4, -0.2) is 18.3 Å². The number of nitrogens with zero attached hydrogens (tertiary/aromatic N) is 4.